The Labute approximate surface area is 136 Å². The number of rotatable bonds is 3. The van der Waals surface area contributed by atoms with Crippen LogP contribution >= 0.6 is 0 Å². The minimum Gasteiger partial charge on any atom is -0.457 e. The second-order valence-corrected chi connectivity index (χ2v) is 5.39. The molecule has 124 valence electrons. The summed E-state index contributed by atoms with van der Waals surface area (Å²) in [6, 6.07) is 7.70. The van der Waals surface area contributed by atoms with E-state index in [9.17, 15) is 23.0 Å². The minimum atomic E-state index is -4.66. The molecule has 1 aliphatic rings. The standard InChI is InChI=1S/C16H12BF3O4/c1-9(21)10-2-5-15(13(7-10)16(18,19)20)24-12-3-4-14-11(6-12)8-23-17(14)22/h2-7,22H,8H2,1H3. The third-order valence-electron chi connectivity index (χ3n) is 3.70. The molecule has 0 amide bonds. The molecule has 4 nitrogen and oxygen atoms in total. The maximum atomic E-state index is 13.2. The fraction of sp³-hybridized carbons (Fsp3) is 0.188. The number of hydrogen-bond donors (Lipinski definition) is 1. The molecule has 1 aliphatic heterocycles. The van der Waals surface area contributed by atoms with E-state index >= 15 is 0 Å². The molecule has 0 atom stereocenters. The summed E-state index contributed by atoms with van der Waals surface area (Å²) in [7, 11) is -1.03. The van der Waals surface area contributed by atoms with Gasteiger partial charge in [-0.15, -0.1) is 0 Å². The van der Waals surface area contributed by atoms with Gasteiger partial charge >= 0.3 is 13.3 Å². The number of ketones is 1. The van der Waals surface area contributed by atoms with Crippen LogP contribution in [-0.4, -0.2) is 17.9 Å². The average Bonchev–Trinajstić information content (AvgIpc) is 2.87. The summed E-state index contributed by atoms with van der Waals surface area (Å²) in [6.07, 6.45) is -4.66. The van der Waals surface area contributed by atoms with E-state index in [2.05, 4.69) is 0 Å². The van der Waals surface area contributed by atoms with Crippen molar-refractivity contribution in [2.75, 3.05) is 0 Å². The zero-order chi connectivity index (χ0) is 17.5. The highest BCUT2D eigenvalue weighted by molar-refractivity contribution is 6.61. The molecule has 0 bridgehead atoms. The number of carbonyl (C=O) groups is 1. The maximum Gasteiger partial charge on any atom is 0.491 e. The monoisotopic (exact) mass is 336 g/mol. The molecule has 2 aromatic carbocycles. The number of hydrogen-bond acceptors (Lipinski definition) is 4. The largest absolute Gasteiger partial charge is 0.491 e. The van der Waals surface area contributed by atoms with Crippen LogP contribution in [0.15, 0.2) is 36.4 Å². The Morgan fingerprint density at radius 1 is 1.25 bits per heavy atom. The predicted molar refractivity (Wildman–Crippen MR) is 80.4 cm³/mol. The summed E-state index contributed by atoms with van der Waals surface area (Å²) in [6.45, 7) is 1.35. The summed E-state index contributed by atoms with van der Waals surface area (Å²) < 4.78 is 50.1. The van der Waals surface area contributed by atoms with Crippen molar-refractivity contribution < 1.29 is 32.4 Å². The van der Waals surface area contributed by atoms with Gasteiger partial charge < -0.3 is 14.4 Å². The Balaban J connectivity index is 1.97. The van der Waals surface area contributed by atoms with Crippen molar-refractivity contribution in [1.29, 1.82) is 0 Å². The van der Waals surface area contributed by atoms with Gasteiger partial charge in [-0.1, -0.05) is 6.07 Å². The molecule has 0 radical (unpaired) electrons. The second-order valence-electron chi connectivity index (χ2n) is 5.39. The van der Waals surface area contributed by atoms with Crippen molar-refractivity contribution in [2.45, 2.75) is 19.7 Å². The molecular weight excluding hydrogens is 324 g/mol. The highest BCUT2D eigenvalue weighted by atomic mass is 19.4. The van der Waals surface area contributed by atoms with E-state index in [0.717, 1.165) is 12.1 Å². The number of ether oxygens (including phenoxy) is 1. The second kappa shape index (κ2) is 5.96. The van der Waals surface area contributed by atoms with Crippen molar-refractivity contribution in [3.05, 3.63) is 53.1 Å². The molecule has 0 spiro atoms. The normalized spacial score (nSPS) is 13.8. The topological polar surface area (TPSA) is 55.8 Å². The van der Waals surface area contributed by atoms with Gasteiger partial charge in [-0.2, -0.15) is 13.2 Å². The van der Waals surface area contributed by atoms with E-state index in [1.54, 1.807) is 6.07 Å². The first-order valence-corrected chi connectivity index (χ1v) is 7.08. The molecule has 1 heterocycles. The van der Waals surface area contributed by atoms with E-state index in [1.165, 1.54) is 25.1 Å². The van der Waals surface area contributed by atoms with E-state index < -0.39 is 30.4 Å². The van der Waals surface area contributed by atoms with Crippen LogP contribution in [0.2, 0.25) is 0 Å². The van der Waals surface area contributed by atoms with Crippen LogP contribution in [-0.2, 0) is 17.4 Å². The number of benzene rings is 2. The van der Waals surface area contributed by atoms with Crippen LogP contribution in [0.25, 0.3) is 0 Å². The number of halogens is 3. The lowest BCUT2D eigenvalue weighted by atomic mass is 9.80. The van der Waals surface area contributed by atoms with E-state index in [-0.39, 0.29) is 17.9 Å². The summed E-state index contributed by atoms with van der Waals surface area (Å²) in [4.78, 5) is 11.3. The quantitative estimate of drug-likeness (QED) is 0.692. The van der Waals surface area contributed by atoms with Crippen molar-refractivity contribution >= 4 is 18.4 Å². The Bertz CT molecular complexity index is 804. The molecule has 2 aromatic rings. The third-order valence-corrected chi connectivity index (χ3v) is 3.70. The first-order valence-electron chi connectivity index (χ1n) is 7.08. The first kappa shape index (κ1) is 16.5. The van der Waals surface area contributed by atoms with Gasteiger partial charge in [-0.3, -0.25) is 4.79 Å². The van der Waals surface area contributed by atoms with Gasteiger partial charge in [0.25, 0.3) is 0 Å². The summed E-state index contributed by atoms with van der Waals surface area (Å²) in [5.41, 5.74) is 0.145. The lowest BCUT2D eigenvalue weighted by Gasteiger charge is -2.15. The molecule has 1 N–H and O–H groups in total. The summed E-state index contributed by atoms with van der Waals surface area (Å²) >= 11 is 0. The number of fused-ring (bicyclic) bond motifs is 1. The van der Waals surface area contributed by atoms with Gasteiger partial charge in [0.15, 0.2) is 5.78 Å². The Kier molecular flexibility index (Phi) is 4.10. The van der Waals surface area contributed by atoms with E-state index in [4.69, 9.17) is 9.39 Å². The van der Waals surface area contributed by atoms with Gasteiger partial charge in [0.2, 0.25) is 0 Å². The van der Waals surface area contributed by atoms with Crippen LogP contribution in [0.5, 0.6) is 11.5 Å². The highest BCUT2D eigenvalue weighted by Gasteiger charge is 2.35. The van der Waals surface area contributed by atoms with Crippen LogP contribution < -0.4 is 10.2 Å². The molecule has 0 saturated carbocycles. The molecule has 0 saturated heterocycles. The summed E-state index contributed by atoms with van der Waals surface area (Å²) in [5.74, 6) is -0.671. The van der Waals surface area contributed by atoms with E-state index in [1.807, 2.05) is 0 Å². The van der Waals surface area contributed by atoms with Gasteiger partial charge in [-0.25, -0.2) is 0 Å². The smallest absolute Gasteiger partial charge is 0.457 e. The summed E-state index contributed by atoms with van der Waals surface area (Å²) in [5, 5.41) is 9.55. The molecule has 3 rings (SSSR count). The molecule has 24 heavy (non-hydrogen) atoms. The Morgan fingerprint density at radius 2 is 2.00 bits per heavy atom. The number of alkyl halides is 3. The molecule has 0 aliphatic carbocycles. The number of carbonyl (C=O) groups excluding carboxylic acids is 1. The van der Waals surface area contributed by atoms with Crippen LogP contribution in [0.4, 0.5) is 13.2 Å². The van der Waals surface area contributed by atoms with Crippen LogP contribution in [0.3, 0.4) is 0 Å². The molecule has 8 heteroatoms. The lowest BCUT2D eigenvalue weighted by molar-refractivity contribution is -0.138. The molecule has 0 fully saturated rings. The molecule has 0 unspecified atom stereocenters. The SMILES string of the molecule is CC(=O)c1ccc(Oc2ccc3c(c2)COB3O)c(C(F)(F)F)c1. The van der Waals surface area contributed by atoms with Crippen molar-refractivity contribution in [3.63, 3.8) is 0 Å². The Hall–Kier alpha value is -2.32. The Morgan fingerprint density at radius 3 is 2.67 bits per heavy atom. The molecular formula is C16H12BF3O4. The highest BCUT2D eigenvalue weighted by Crippen LogP contribution is 2.39. The average molecular weight is 336 g/mol. The van der Waals surface area contributed by atoms with Crippen LogP contribution in [0.1, 0.15) is 28.4 Å². The maximum absolute atomic E-state index is 13.2. The van der Waals surface area contributed by atoms with Crippen LogP contribution in [0, 0.1) is 0 Å². The lowest BCUT2D eigenvalue weighted by Crippen LogP contribution is -2.27. The van der Waals surface area contributed by atoms with Gasteiger partial charge in [0.05, 0.1) is 12.2 Å². The molecule has 0 aromatic heterocycles. The van der Waals surface area contributed by atoms with Gasteiger partial charge in [-0.05, 0) is 48.3 Å². The zero-order valence-corrected chi connectivity index (χ0v) is 12.6. The van der Waals surface area contributed by atoms with Crippen molar-refractivity contribution in [3.8, 4) is 11.5 Å². The fourth-order valence-corrected chi connectivity index (χ4v) is 2.46. The third kappa shape index (κ3) is 3.15. The number of Topliss-reactive ketones (excluding diaryl/α,β-unsaturated/α-hetero) is 1. The fourth-order valence-electron chi connectivity index (χ4n) is 2.46. The minimum absolute atomic E-state index is 0.0415. The zero-order valence-electron chi connectivity index (χ0n) is 12.6. The van der Waals surface area contributed by atoms with Crippen molar-refractivity contribution in [2.24, 2.45) is 0 Å². The van der Waals surface area contributed by atoms with Gasteiger partial charge in [0.1, 0.15) is 11.5 Å². The van der Waals surface area contributed by atoms with Gasteiger partial charge in [0, 0.05) is 5.56 Å². The van der Waals surface area contributed by atoms with Crippen molar-refractivity contribution in [1.82, 2.24) is 0 Å². The van der Waals surface area contributed by atoms with E-state index in [0.29, 0.717) is 11.0 Å². The predicted octanol–water partition coefficient (Wildman–Crippen LogP) is 2.92. The first-order chi connectivity index (χ1) is 11.3.